The number of amides is 3. The van der Waals surface area contributed by atoms with E-state index >= 15 is 0 Å². The van der Waals surface area contributed by atoms with Gasteiger partial charge in [0.05, 0.1) is 18.4 Å². The zero-order valence-corrected chi connectivity index (χ0v) is 17.3. The van der Waals surface area contributed by atoms with E-state index in [4.69, 9.17) is 10.5 Å². The van der Waals surface area contributed by atoms with Crippen LogP contribution in [0.3, 0.4) is 0 Å². The van der Waals surface area contributed by atoms with Crippen molar-refractivity contribution < 1.29 is 32.6 Å². The van der Waals surface area contributed by atoms with Gasteiger partial charge in [0, 0.05) is 24.6 Å². The van der Waals surface area contributed by atoms with Crippen molar-refractivity contribution in [1.29, 1.82) is 0 Å². The Bertz CT molecular complexity index is 1010. The van der Waals surface area contributed by atoms with Gasteiger partial charge in [-0.25, -0.2) is 0 Å². The number of methoxy groups -OCH3 is 1. The third kappa shape index (κ3) is 5.32. The van der Waals surface area contributed by atoms with E-state index < -0.39 is 12.5 Å². The van der Waals surface area contributed by atoms with Crippen molar-refractivity contribution in [2.75, 3.05) is 25.5 Å². The molecule has 1 fully saturated rings. The number of nitrogens with one attached hydrogen (secondary N) is 1. The Morgan fingerprint density at radius 2 is 1.78 bits per heavy atom. The minimum Gasteiger partial charge on any atom is -0.493 e. The summed E-state index contributed by atoms with van der Waals surface area (Å²) in [5, 5.41) is 2.65. The summed E-state index contributed by atoms with van der Waals surface area (Å²) in [6, 6.07) is 10.3. The molecule has 1 aliphatic rings. The number of benzene rings is 2. The molecule has 32 heavy (non-hydrogen) atoms. The molecule has 3 rings (SSSR count). The number of hydrogen-bond acceptors (Lipinski definition) is 5. The van der Waals surface area contributed by atoms with Crippen LogP contribution in [0.15, 0.2) is 42.5 Å². The molecule has 2 aromatic rings. The molecule has 0 radical (unpaired) electrons. The van der Waals surface area contributed by atoms with Crippen LogP contribution in [0.5, 0.6) is 11.5 Å². The molecule has 0 bridgehead atoms. The fourth-order valence-corrected chi connectivity index (χ4v) is 3.52. The number of carbonyl (C=O) groups excluding carboxylic acids is 3. The normalized spacial score (nSPS) is 14.2. The van der Waals surface area contributed by atoms with E-state index in [-0.39, 0.29) is 46.0 Å². The lowest BCUT2D eigenvalue weighted by molar-refractivity contribution is -0.123. The minimum absolute atomic E-state index is 0.0472. The molecule has 0 atom stereocenters. The number of ether oxygens (including phenoxy) is 2. The molecule has 0 saturated carbocycles. The first-order valence-electron chi connectivity index (χ1n) is 9.92. The lowest BCUT2D eigenvalue weighted by atomic mass is 9.95. The summed E-state index contributed by atoms with van der Waals surface area (Å²) in [7, 11) is 1.29. The van der Waals surface area contributed by atoms with Crippen LogP contribution in [0.4, 0.5) is 14.5 Å². The van der Waals surface area contributed by atoms with Crippen molar-refractivity contribution >= 4 is 23.4 Å². The Morgan fingerprint density at radius 3 is 2.41 bits per heavy atom. The molecule has 8 nitrogen and oxygen atoms in total. The van der Waals surface area contributed by atoms with Crippen molar-refractivity contribution in [3.8, 4) is 11.5 Å². The highest BCUT2D eigenvalue weighted by Crippen LogP contribution is 2.30. The summed E-state index contributed by atoms with van der Waals surface area (Å²) in [4.78, 5) is 38.7. The highest BCUT2D eigenvalue weighted by Gasteiger charge is 2.27. The maximum absolute atomic E-state index is 13.0. The van der Waals surface area contributed by atoms with Crippen LogP contribution in [0.1, 0.15) is 33.6 Å². The Kier molecular flexibility index (Phi) is 7.24. The molecule has 1 heterocycles. The van der Waals surface area contributed by atoms with Gasteiger partial charge in [-0.3, -0.25) is 14.4 Å². The molecule has 3 N–H and O–H groups in total. The zero-order chi connectivity index (χ0) is 23.3. The van der Waals surface area contributed by atoms with Crippen molar-refractivity contribution in [2.45, 2.75) is 19.5 Å². The molecule has 3 amide bonds. The topological polar surface area (TPSA) is 111 Å². The van der Waals surface area contributed by atoms with Gasteiger partial charge in [-0.05, 0) is 43.2 Å². The molecular formula is C22H23F2N3O5. The quantitative estimate of drug-likeness (QED) is 0.678. The van der Waals surface area contributed by atoms with Gasteiger partial charge in [-0.1, -0.05) is 12.1 Å². The van der Waals surface area contributed by atoms with Gasteiger partial charge >= 0.3 is 6.61 Å². The average molecular weight is 447 g/mol. The summed E-state index contributed by atoms with van der Waals surface area (Å²) < 4.78 is 34.7. The van der Waals surface area contributed by atoms with Gasteiger partial charge in [0.1, 0.15) is 0 Å². The fraction of sp³-hybridized carbons (Fsp3) is 0.318. The predicted octanol–water partition coefficient (Wildman–Crippen LogP) is 2.89. The second-order valence-electron chi connectivity index (χ2n) is 7.21. The average Bonchev–Trinajstić information content (AvgIpc) is 2.78. The second kappa shape index (κ2) is 10.1. The largest absolute Gasteiger partial charge is 0.493 e. The van der Waals surface area contributed by atoms with E-state index in [0.29, 0.717) is 25.9 Å². The van der Waals surface area contributed by atoms with Crippen LogP contribution in [-0.2, 0) is 4.79 Å². The molecule has 170 valence electrons. The number of carbonyl (C=O) groups is 3. The van der Waals surface area contributed by atoms with E-state index in [9.17, 15) is 23.2 Å². The van der Waals surface area contributed by atoms with Crippen molar-refractivity contribution in [1.82, 2.24) is 4.90 Å². The molecular weight excluding hydrogens is 424 g/mol. The van der Waals surface area contributed by atoms with Crippen LogP contribution >= 0.6 is 0 Å². The number of primary amides is 1. The Labute approximate surface area is 183 Å². The van der Waals surface area contributed by atoms with Crippen LogP contribution in [-0.4, -0.2) is 49.4 Å². The lowest BCUT2D eigenvalue weighted by Crippen LogP contribution is -2.42. The smallest absolute Gasteiger partial charge is 0.387 e. The van der Waals surface area contributed by atoms with E-state index in [0.717, 1.165) is 6.07 Å². The SMILES string of the molecule is COc1ccc(C(=O)Nc2ccccc2C(=O)N2CCC(C(N)=O)CC2)cc1OC(F)F. The van der Waals surface area contributed by atoms with Crippen molar-refractivity contribution in [3.63, 3.8) is 0 Å². The standard InChI is InChI=1S/C22H23F2N3O5/c1-31-17-7-6-14(12-18(17)32-22(23)24)20(29)26-16-5-3-2-4-15(16)21(30)27-10-8-13(9-11-27)19(25)28/h2-7,12-13,22H,8-11H2,1H3,(H2,25,28)(H,26,29). The number of likely N-dealkylation sites (tertiary alicyclic amines) is 1. The first-order valence-corrected chi connectivity index (χ1v) is 9.92. The molecule has 0 aromatic heterocycles. The molecule has 0 unspecified atom stereocenters. The van der Waals surface area contributed by atoms with E-state index in [1.54, 1.807) is 29.2 Å². The molecule has 1 saturated heterocycles. The van der Waals surface area contributed by atoms with E-state index in [1.807, 2.05) is 0 Å². The number of nitrogens with zero attached hydrogens (tertiary/aromatic N) is 1. The number of nitrogens with two attached hydrogens (primary N) is 1. The van der Waals surface area contributed by atoms with Gasteiger partial charge in [0.2, 0.25) is 5.91 Å². The van der Waals surface area contributed by atoms with Crippen molar-refractivity contribution in [2.24, 2.45) is 11.7 Å². The highest BCUT2D eigenvalue weighted by atomic mass is 19.3. The van der Waals surface area contributed by atoms with Crippen LogP contribution in [0, 0.1) is 5.92 Å². The second-order valence-corrected chi connectivity index (χ2v) is 7.21. The minimum atomic E-state index is -3.08. The Hall–Kier alpha value is -3.69. The van der Waals surface area contributed by atoms with Gasteiger partial charge < -0.3 is 25.4 Å². The first-order chi connectivity index (χ1) is 15.3. The van der Waals surface area contributed by atoms with Gasteiger partial charge in [0.15, 0.2) is 11.5 Å². The monoisotopic (exact) mass is 447 g/mol. The van der Waals surface area contributed by atoms with E-state index in [1.165, 1.54) is 19.2 Å². The predicted molar refractivity (Wildman–Crippen MR) is 112 cm³/mol. The first kappa shape index (κ1) is 23.0. The lowest BCUT2D eigenvalue weighted by Gasteiger charge is -2.31. The number of halogens is 2. The summed E-state index contributed by atoms with van der Waals surface area (Å²) in [6.45, 7) is -2.33. The molecule has 0 spiro atoms. The Balaban J connectivity index is 1.77. The van der Waals surface area contributed by atoms with Crippen LogP contribution in [0.2, 0.25) is 0 Å². The van der Waals surface area contributed by atoms with Crippen LogP contribution < -0.4 is 20.5 Å². The number of alkyl halides is 2. The van der Waals surface area contributed by atoms with Crippen LogP contribution in [0.25, 0.3) is 0 Å². The maximum atomic E-state index is 13.0. The number of para-hydroxylation sites is 1. The van der Waals surface area contributed by atoms with Gasteiger partial charge in [-0.2, -0.15) is 8.78 Å². The molecule has 0 aliphatic carbocycles. The number of rotatable bonds is 7. The third-order valence-electron chi connectivity index (χ3n) is 5.23. The summed E-state index contributed by atoms with van der Waals surface area (Å²) in [6.07, 6.45) is 0.961. The maximum Gasteiger partial charge on any atom is 0.387 e. The zero-order valence-electron chi connectivity index (χ0n) is 17.3. The van der Waals surface area contributed by atoms with Gasteiger partial charge in [0.25, 0.3) is 11.8 Å². The van der Waals surface area contributed by atoms with Crippen molar-refractivity contribution in [3.05, 3.63) is 53.6 Å². The fourth-order valence-electron chi connectivity index (χ4n) is 3.52. The summed E-state index contributed by atoms with van der Waals surface area (Å²) in [5.74, 6) is -1.76. The number of piperidine rings is 1. The van der Waals surface area contributed by atoms with Gasteiger partial charge in [-0.15, -0.1) is 0 Å². The number of anilines is 1. The summed E-state index contributed by atoms with van der Waals surface area (Å²) >= 11 is 0. The molecule has 2 aromatic carbocycles. The van der Waals surface area contributed by atoms with E-state index in [2.05, 4.69) is 10.1 Å². The summed E-state index contributed by atoms with van der Waals surface area (Å²) in [5.41, 5.74) is 5.93. The number of hydrogen-bond donors (Lipinski definition) is 2. The molecule has 10 heteroatoms. The molecule has 1 aliphatic heterocycles. The Morgan fingerprint density at radius 1 is 1.09 bits per heavy atom. The third-order valence-corrected chi connectivity index (χ3v) is 5.23. The highest BCUT2D eigenvalue weighted by molar-refractivity contribution is 6.09.